The summed E-state index contributed by atoms with van der Waals surface area (Å²) in [7, 11) is 0. The van der Waals surface area contributed by atoms with Gasteiger partial charge in [0.2, 0.25) is 0 Å². The van der Waals surface area contributed by atoms with Crippen LogP contribution in [0.15, 0.2) is 18.2 Å². The number of hydrogen-bond acceptors (Lipinski definition) is 3. The van der Waals surface area contributed by atoms with Gasteiger partial charge >= 0.3 is 0 Å². The van der Waals surface area contributed by atoms with Crippen molar-refractivity contribution in [3.63, 3.8) is 0 Å². The average Bonchev–Trinajstić information content (AvgIpc) is 2.85. The van der Waals surface area contributed by atoms with Gasteiger partial charge in [-0.15, -0.1) is 0 Å². The molecule has 2 unspecified atom stereocenters. The Labute approximate surface area is 112 Å². The van der Waals surface area contributed by atoms with Crippen molar-refractivity contribution in [2.75, 3.05) is 6.61 Å². The quantitative estimate of drug-likeness (QED) is 0.848. The van der Waals surface area contributed by atoms with Crippen molar-refractivity contribution in [2.45, 2.75) is 38.8 Å². The largest absolute Gasteiger partial charge is 0.493 e. The molecule has 1 saturated carbocycles. The van der Waals surface area contributed by atoms with Gasteiger partial charge in [-0.05, 0) is 30.2 Å². The Balaban J connectivity index is 1.71. The lowest BCUT2D eigenvalue weighted by Crippen LogP contribution is -2.61. The van der Waals surface area contributed by atoms with E-state index in [0.29, 0.717) is 18.6 Å². The second-order valence-electron chi connectivity index (χ2n) is 6.02. The molecule has 0 spiro atoms. The summed E-state index contributed by atoms with van der Waals surface area (Å²) >= 11 is 0. The number of ether oxygens (including phenoxy) is 1. The number of aliphatic hydroxyl groups excluding tert-OH is 1. The van der Waals surface area contributed by atoms with Crippen molar-refractivity contribution in [3.05, 3.63) is 29.3 Å². The number of aliphatic hydroxyl groups is 1. The molecule has 0 bridgehead atoms. The lowest BCUT2D eigenvalue weighted by atomic mass is 9.64. The summed E-state index contributed by atoms with van der Waals surface area (Å²) in [5.74, 6) is 0.815. The van der Waals surface area contributed by atoms with Gasteiger partial charge in [0, 0.05) is 23.4 Å². The molecule has 3 rings (SSSR count). The highest BCUT2D eigenvalue weighted by molar-refractivity contribution is 5.95. The molecule has 2 aliphatic rings. The average molecular weight is 261 g/mol. The van der Waals surface area contributed by atoms with Crippen LogP contribution in [0.25, 0.3) is 0 Å². The van der Waals surface area contributed by atoms with Gasteiger partial charge in [0.15, 0.2) is 0 Å². The zero-order valence-electron chi connectivity index (χ0n) is 11.3. The van der Waals surface area contributed by atoms with E-state index in [9.17, 15) is 9.90 Å². The molecule has 2 N–H and O–H groups in total. The summed E-state index contributed by atoms with van der Waals surface area (Å²) < 4.78 is 5.43. The first-order valence-corrected chi connectivity index (χ1v) is 6.73. The van der Waals surface area contributed by atoms with E-state index < -0.39 is 0 Å². The number of hydrogen-bond donors (Lipinski definition) is 2. The van der Waals surface area contributed by atoms with Gasteiger partial charge in [0.05, 0.1) is 12.7 Å². The topological polar surface area (TPSA) is 58.6 Å². The van der Waals surface area contributed by atoms with Crippen LogP contribution in [0.5, 0.6) is 5.75 Å². The van der Waals surface area contributed by atoms with E-state index >= 15 is 0 Å². The lowest BCUT2D eigenvalue weighted by Gasteiger charge is -2.49. The van der Waals surface area contributed by atoms with Crippen molar-refractivity contribution in [3.8, 4) is 5.75 Å². The number of carbonyl (C=O) groups is 1. The Bertz CT molecular complexity index is 524. The predicted octanol–water partition coefficient (Wildman–Crippen LogP) is 1.51. The number of carbonyl (C=O) groups excluding carboxylic acids is 1. The first kappa shape index (κ1) is 12.5. The first-order chi connectivity index (χ1) is 8.98. The normalized spacial score (nSPS) is 27.1. The summed E-state index contributed by atoms with van der Waals surface area (Å²) in [6.45, 7) is 4.65. The van der Waals surface area contributed by atoms with Gasteiger partial charge in [-0.2, -0.15) is 0 Å². The van der Waals surface area contributed by atoms with Crippen LogP contribution < -0.4 is 10.1 Å². The minimum atomic E-state index is -0.328. The Morgan fingerprint density at radius 2 is 2.26 bits per heavy atom. The number of fused-ring (bicyclic) bond motifs is 1. The van der Waals surface area contributed by atoms with Gasteiger partial charge in [-0.3, -0.25) is 4.79 Å². The summed E-state index contributed by atoms with van der Waals surface area (Å²) in [5, 5.41) is 12.7. The van der Waals surface area contributed by atoms with Gasteiger partial charge in [0.1, 0.15) is 5.75 Å². The van der Waals surface area contributed by atoms with Crippen LogP contribution in [0.2, 0.25) is 0 Å². The Hall–Kier alpha value is -1.55. The fourth-order valence-electron chi connectivity index (χ4n) is 2.72. The molecule has 102 valence electrons. The third-order valence-electron chi connectivity index (χ3n) is 4.47. The van der Waals surface area contributed by atoms with Gasteiger partial charge in [-0.25, -0.2) is 0 Å². The third kappa shape index (κ3) is 2.00. The van der Waals surface area contributed by atoms with Crippen molar-refractivity contribution in [1.82, 2.24) is 5.32 Å². The van der Waals surface area contributed by atoms with Gasteiger partial charge in [0.25, 0.3) is 5.91 Å². The van der Waals surface area contributed by atoms with Crippen LogP contribution in [0, 0.1) is 5.41 Å². The molecule has 1 aromatic carbocycles. The Morgan fingerprint density at radius 3 is 2.95 bits per heavy atom. The summed E-state index contributed by atoms with van der Waals surface area (Å²) in [5.41, 5.74) is 1.53. The molecule has 4 heteroatoms. The fraction of sp³-hybridized carbons (Fsp3) is 0.533. The molecule has 1 fully saturated rings. The Morgan fingerprint density at radius 1 is 1.47 bits per heavy atom. The highest BCUT2D eigenvalue weighted by Gasteiger charge is 2.47. The van der Waals surface area contributed by atoms with Gasteiger partial charge in [-0.1, -0.05) is 13.8 Å². The summed E-state index contributed by atoms with van der Waals surface area (Å²) in [6, 6.07) is 5.60. The molecule has 0 radical (unpaired) electrons. The molecule has 1 aliphatic carbocycles. The zero-order valence-corrected chi connectivity index (χ0v) is 11.3. The van der Waals surface area contributed by atoms with E-state index in [1.807, 2.05) is 26.0 Å². The van der Waals surface area contributed by atoms with Gasteiger partial charge < -0.3 is 15.2 Å². The number of nitrogens with one attached hydrogen (secondary N) is 1. The zero-order chi connectivity index (χ0) is 13.6. The predicted molar refractivity (Wildman–Crippen MR) is 71.3 cm³/mol. The smallest absolute Gasteiger partial charge is 0.251 e. The third-order valence-corrected chi connectivity index (χ3v) is 4.47. The molecule has 1 aromatic rings. The molecule has 1 amide bonds. The fourth-order valence-corrected chi connectivity index (χ4v) is 2.72. The molecular weight excluding hydrogens is 242 g/mol. The van der Waals surface area contributed by atoms with E-state index in [1.165, 1.54) is 0 Å². The molecule has 2 atom stereocenters. The van der Waals surface area contributed by atoms with E-state index in [2.05, 4.69) is 5.32 Å². The first-order valence-electron chi connectivity index (χ1n) is 6.73. The van der Waals surface area contributed by atoms with Crippen LogP contribution in [-0.4, -0.2) is 29.8 Å². The van der Waals surface area contributed by atoms with E-state index in [4.69, 9.17) is 4.74 Å². The maximum Gasteiger partial charge on any atom is 0.251 e. The number of benzene rings is 1. The van der Waals surface area contributed by atoms with Crippen LogP contribution in [0.1, 0.15) is 36.2 Å². The van der Waals surface area contributed by atoms with E-state index in [-0.39, 0.29) is 23.5 Å². The van der Waals surface area contributed by atoms with Crippen LogP contribution in [0.4, 0.5) is 0 Å². The molecule has 0 aromatic heterocycles. The minimum Gasteiger partial charge on any atom is -0.493 e. The Kier molecular flexibility index (Phi) is 2.78. The van der Waals surface area contributed by atoms with Crippen molar-refractivity contribution >= 4 is 5.91 Å². The maximum atomic E-state index is 12.2. The molecule has 0 saturated heterocycles. The molecular formula is C15H19NO3. The second kappa shape index (κ2) is 4.23. The summed E-state index contributed by atoms with van der Waals surface area (Å²) in [6.07, 6.45) is 1.17. The lowest BCUT2D eigenvalue weighted by molar-refractivity contribution is -0.0689. The van der Waals surface area contributed by atoms with Crippen LogP contribution in [0.3, 0.4) is 0 Å². The summed E-state index contributed by atoms with van der Waals surface area (Å²) in [4.78, 5) is 12.2. The van der Waals surface area contributed by atoms with Crippen LogP contribution in [-0.2, 0) is 6.42 Å². The molecule has 1 aliphatic heterocycles. The number of amides is 1. The second-order valence-corrected chi connectivity index (χ2v) is 6.02. The highest BCUT2D eigenvalue weighted by Crippen LogP contribution is 2.40. The monoisotopic (exact) mass is 261 g/mol. The standard InChI is InChI=1S/C15H19NO3/c1-15(2)12(8-13(15)17)16-14(18)10-3-4-11-9(7-10)5-6-19-11/h3-4,7,12-13,17H,5-6,8H2,1-2H3,(H,16,18). The number of rotatable bonds is 2. The van der Waals surface area contributed by atoms with E-state index in [0.717, 1.165) is 17.7 Å². The van der Waals surface area contributed by atoms with Crippen molar-refractivity contribution in [2.24, 2.45) is 5.41 Å². The van der Waals surface area contributed by atoms with E-state index in [1.54, 1.807) is 6.07 Å². The molecule has 1 heterocycles. The van der Waals surface area contributed by atoms with Crippen molar-refractivity contribution < 1.29 is 14.6 Å². The molecule has 4 nitrogen and oxygen atoms in total. The van der Waals surface area contributed by atoms with Crippen molar-refractivity contribution in [1.29, 1.82) is 0 Å². The molecule has 19 heavy (non-hydrogen) atoms. The maximum absolute atomic E-state index is 12.2. The highest BCUT2D eigenvalue weighted by atomic mass is 16.5. The minimum absolute atomic E-state index is 0.0412. The SMILES string of the molecule is CC1(C)C(O)CC1NC(=O)c1ccc2c(c1)CCO2. The van der Waals surface area contributed by atoms with Crippen LogP contribution >= 0.6 is 0 Å².